The number of esters is 1. The van der Waals surface area contributed by atoms with Gasteiger partial charge < -0.3 is 18.9 Å². The monoisotopic (exact) mass is 652 g/mol. The molecular weight excluding hydrogens is 625 g/mol. The Morgan fingerprint density at radius 1 is 1.19 bits per heavy atom. The first-order valence-corrected chi connectivity index (χ1v) is 16.5. The zero-order valence-electron chi connectivity index (χ0n) is 23.1. The van der Waals surface area contributed by atoms with Crippen molar-refractivity contribution in [3.63, 3.8) is 0 Å². The minimum atomic E-state index is -3.99. The van der Waals surface area contributed by atoms with E-state index in [9.17, 15) is 27.6 Å². The van der Waals surface area contributed by atoms with Crippen LogP contribution in [-0.2, 0) is 35.6 Å². The molecule has 230 valence electrons. The highest BCUT2D eigenvalue weighted by atomic mass is 32.2. The highest BCUT2D eigenvalue weighted by Gasteiger charge is 2.23. The summed E-state index contributed by atoms with van der Waals surface area (Å²) in [6.45, 7) is 0.578. The molecule has 3 N–H and O–H groups in total. The van der Waals surface area contributed by atoms with Crippen LogP contribution in [0.15, 0.2) is 39.7 Å². The fourth-order valence-corrected chi connectivity index (χ4v) is 6.26. The lowest BCUT2D eigenvalue weighted by molar-refractivity contribution is -0.149. The van der Waals surface area contributed by atoms with Gasteiger partial charge in [-0.3, -0.25) is 24.7 Å². The number of para-hydroxylation sites is 1. The summed E-state index contributed by atoms with van der Waals surface area (Å²) in [6, 6.07) is 6.98. The number of rotatable bonds is 14. The summed E-state index contributed by atoms with van der Waals surface area (Å²) in [4.78, 5) is 65.9. The van der Waals surface area contributed by atoms with Gasteiger partial charge in [0.25, 0.3) is 15.6 Å². The summed E-state index contributed by atoms with van der Waals surface area (Å²) in [5.41, 5.74) is -0.222. The molecule has 4 aromatic rings. The summed E-state index contributed by atoms with van der Waals surface area (Å²) >= 11 is 2.49. The van der Waals surface area contributed by atoms with E-state index in [-0.39, 0.29) is 47.8 Å². The standard InChI is InChI=1S/C24H28N8O8S3/c1-3-39-18(34)13-31(9-8-26-43(37,38)24-27-15-6-4-5-7-16(15)42-24)17(33)12-32-14-25-19-20(32)28-22(29-21(19)35)30-23(36)40-10-11-41-2/h4-7,14,26H,3,8-13H2,1-2H3,(H2,28,29,30,35,36). The first kappa shape index (κ1) is 31.9. The molecule has 0 radical (unpaired) electrons. The number of carbonyl (C=O) groups is 3. The molecule has 0 atom stereocenters. The van der Waals surface area contributed by atoms with E-state index in [0.29, 0.717) is 16.0 Å². The minimum Gasteiger partial charge on any atom is -0.465 e. The molecule has 4 rings (SSSR count). The number of fused-ring (bicyclic) bond motifs is 2. The second kappa shape index (κ2) is 14.4. The van der Waals surface area contributed by atoms with E-state index in [1.165, 1.54) is 22.7 Å². The number of anilines is 1. The number of imidazole rings is 1. The van der Waals surface area contributed by atoms with E-state index < -0.39 is 46.6 Å². The van der Waals surface area contributed by atoms with Crippen molar-refractivity contribution in [2.24, 2.45) is 0 Å². The van der Waals surface area contributed by atoms with Crippen LogP contribution in [0, 0.1) is 0 Å². The third kappa shape index (κ3) is 8.27. The van der Waals surface area contributed by atoms with Gasteiger partial charge in [0, 0.05) is 18.8 Å². The summed E-state index contributed by atoms with van der Waals surface area (Å²) in [7, 11) is -3.99. The maximum absolute atomic E-state index is 13.3. The van der Waals surface area contributed by atoms with Crippen molar-refractivity contribution in [2.45, 2.75) is 17.8 Å². The number of hydrogen-bond acceptors (Lipinski definition) is 13. The Balaban J connectivity index is 1.47. The Hall–Kier alpha value is -4.07. The Bertz CT molecular complexity index is 1750. The Morgan fingerprint density at radius 3 is 2.72 bits per heavy atom. The second-order valence-corrected chi connectivity index (χ2v) is 12.6. The summed E-state index contributed by atoms with van der Waals surface area (Å²) < 4.78 is 39.9. The van der Waals surface area contributed by atoms with Gasteiger partial charge in [-0.25, -0.2) is 27.9 Å². The van der Waals surface area contributed by atoms with E-state index in [1.807, 2.05) is 6.26 Å². The topological polar surface area (TPSA) is 208 Å². The van der Waals surface area contributed by atoms with Crippen LogP contribution in [0.1, 0.15) is 6.92 Å². The third-order valence-electron chi connectivity index (χ3n) is 5.68. The third-order valence-corrected chi connectivity index (χ3v) is 9.13. The summed E-state index contributed by atoms with van der Waals surface area (Å²) in [6.07, 6.45) is 2.24. The van der Waals surface area contributed by atoms with Crippen LogP contribution in [0.4, 0.5) is 10.7 Å². The number of aromatic amines is 1. The first-order chi connectivity index (χ1) is 20.6. The average molecular weight is 653 g/mol. The fourth-order valence-electron chi connectivity index (χ4n) is 3.72. The highest BCUT2D eigenvalue weighted by Crippen LogP contribution is 2.24. The molecule has 0 fully saturated rings. The lowest BCUT2D eigenvalue weighted by atomic mass is 10.3. The number of hydrogen-bond donors (Lipinski definition) is 3. The van der Waals surface area contributed by atoms with Gasteiger partial charge in [-0.1, -0.05) is 12.1 Å². The van der Waals surface area contributed by atoms with Crippen LogP contribution in [0.3, 0.4) is 0 Å². The molecule has 0 saturated heterocycles. The molecule has 1 aromatic carbocycles. The van der Waals surface area contributed by atoms with Crippen molar-refractivity contribution in [1.29, 1.82) is 0 Å². The van der Waals surface area contributed by atoms with Crippen molar-refractivity contribution < 1.29 is 32.3 Å². The van der Waals surface area contributed by atoms with Gasteiger partial charge in [0.05, 0.1) is 23.2 Å². The summed E-state index contributed by atoms with van der Waals surface area (Å²) in [5.74, 6) is -0.939. The lowest BCUT2D eigenvalue weighted by Gasteiger charge is -2.22. The van der Waals surface area contributed by atoms with Crippen molar-refractivity contribution in [2.75, 3.05) is 50.2 Å². The number of benzene rings is 1. The normalized spacial score (nSPS) is 11.5. The number of thiazole rings is 1. The average Bonchev–Trinajstić information content (AvgIpc) is 3.58. The molecular formula is C24H28N8O8S3. The van der Waals surface area contributed by atoms with Crippen molar-refractivity contribution >= 4 is 78.4 Å². The SMILES string of the molecule is CCOC(=O)CN(CCNS(=O)(=O)c1nc2ccccc2s1)C(=O)Cn1cnc2c(=O)[nH]c(NC(=O)OCCSC)nc21. The van der Waals surface area contributed by atoms with Gasteiger partial charge in [-0.15, -0.1) is 11.3 Å². The molecule has 0 saturated carbocycles. The molecule has 0 aliphatic rings. The number of H-pyrrole nitrogens is 1. The molecule has 0 aliphatic heterocycles. The number of thioether (sulfide) groups is 1. The molecule has 0 aliphatic carbocycles. The fraction of sp³-hybridized carbons (Fsp3) is 0.375. The predicted molar refractivity (Wildman–Crippen MR) is 160 cm³/mol. The molecule has 0 unspecified atom stereocenters. The molecule has 43 heavy (non-hydrogen) atoms. The van der Waals surface area contributed by atoms with Crippen LogP contribution < -0.4 is 15.6 Å². The van der Waals surface area contributed by atoms with Crippen LogP contribution >= 0.6 is 23.1 Å². The minimum absolute atomic E-state index is 0.0101. The number of nitrogens with zero attached hydrogens (tertiary/aromatic N) is 5. The number of sulfonamides is 1. The van der Waals surface area contributed by atoms with Gasteiger partial charge in [-0.05, 0) is 25.3 Å². The van der Waals surface area contributed by atoms with Gasteiger partial charge >= 0.3 is 12.1 Å². The van der Waals surface area contributed by atoms with Crippen LogP contribution in [0.5, 0.6) is 0 Å². The van der Waals surface area contributed by atoms with Crippen LogP contribution in [-0.4, -0.2) is 101 Å². The quantitative estimate of drug-likeness (QED) is 0.129. The van der Waals surface area contributed by atoms with E-state index in [1.54, 1.807) is 31.2 Å². The largest absolute Gasteiger partial charge is 0.465 e. The Labute approximate surface area is 253 Å². The van der Waals surface area contributed by atoms with Crippen molar-refractivity contribution in [3.8, 4) is 0 Å². The number of nitrogens with one attached hydrogen (secondary N) is 3. The summed E-state index contributed by atoms with van der Waals surface area (Å²) in [5, 5.41) is 2.33. The van der Waals surface area contributed by atoms with E-state index in [0.717, 1.165) is 16.2 Å². The zero-order chi connectivity index (χ0) is 31.0. The van der Waals surface area contributed by atoms with Crippen molar-refractivity contribution in [1.82, 2.24) is 34.1 Å². The molecule has 19 heteroatoms. The number of aromatic nitrogens is 5. The van der Waals surface area contributed by atoms with E-state index >= 15 is 0 Å². The number of carbonyl (C=O) groups excluding carboxylic acids is 3. The Kier molecular flexibility index (Phi) is 10.7. The molecule has 16 nitrogen and oxygen atoms in total. The van der Waals surface area contributed by atoms with Gasteiger partial charge in [-0.2, -0.15) is 16.7 Å². The predicted octanol–water partition coefficient (Wildman–Crippen LogP) is 1.01. The molecule has 3 heterocycles. The molecule has 0 bridgehead atoms. The number of amides is 2. The van der Waals surface area contributed by atoms with Gasteiger partial charge in [0.15, 0.2) is 11.2 Å². The lowest BCUT2D eigenvalue weighted by Crippen LogP contribution is -2.43. The maximum atomic E-state index is 13.3. The van der Waals surface area contributed by atoms with Crippen molar-refractivity contribution in [3.05, 3.63) is 40.9 Å². The zero-order valence-corrected chi connectivity index (χ0v) is 25.5. The molecule has 3 aromatic heterocycles. The van der Waals surface area contributed by atoms with Gasteiger partial charge in [0.2, 0.25) is 16.2 Å². The highest BCUT2D eigenvalue weighted by molar-refractivity contribution is 7.98. The molecule has 0 spiro atoms. The second-order valence-electron chi connectivity index (χ2n) is 8.68. The maximum Gasteiger partial charge on any atom is 0.413 e. The molecule has 2 amide bonds. The number of ether oxygens (including phenoxy) is 2. The first-order valence-electron chi connectivity index (χ1n) is 12.8. The van der Waals surface area contributed by atoms with Gasteiger partial charge in [0.1, 0.15) is 19.7 Å². The smallest absolute Gasteiger partial charge is 0.413 e. The van der Waals surface area contributed by atoms with Crippen LogP contribution in [0.2, 0.25) is 0 Å². The van der Waals surface area contributed by atoms with E-state index in [4.69, 9.17) is 9.47 Å². The van der Waals surface area contributed by atoms with Crippen LogP contribution in [0.25, 0.3) is 21.4 Å². The van der Waals surface area contributed by atoms with E-state index in [2.05, 4.69) is 30.0 Å². The Morgan fingerprint density at radius 2 is 1.98 bits per heavy atom.